The van der Waals surface area contributed by atoms with Crippen molar-refractivity contribution in [3.63, 3.8) is 0 Å². The van der Waals surface area contributed by atoms with E-state index in [2.05, 4.69) is 31.2 Å². The number of benzene rings is 1. The molecule has 0 radical (unpaired) electrons. The fourth-order valence-corrected chi connectivity index (χ4v) is 2.19. The van der Waals surface area contributed by atoms with Crippen molar-refractivity contribution in [2.75, 3.05) is 7.05 Å². The molecule has 0 amide bonds. The van der Waals surface area contributed by atoms with Crippen LogP contribution in [0, 0.1) is 11.6 Å². The van der Waals surface area contributed by atoms with Gasteiger partial charge in [-0.05, 0) is 47.6 Å². The SMILES string of the molecule is CNC(Cc1c(F)ccc(Br)c1F)c1ccncn1. The Morgan fingerprint density at radius 3 is 2.74 bits per heavy atom. The largest absolute Gasteiger partial charge is 0.311 e. The third-order valence-corrected chi connectivity index (χ3v) is 3.47. The van der Waals surface area contributed by atoms with E-state index in [9.17, 15) is 8.78 Å². The molecule has 0 fully saturated rings. The van der Waals surface area contributed by atoms with Crippen molar-refractivity contribution in [1.29, 1.82) is 0 Å². The van der Waals surface area contributed by atoms with Crippen molar-refractivity contribution < 1.29 is 8.78 Å². The van der Waals surface area contributed by atoms with E-state index in [1.165, 1.54) is 18.5 Å². The second-order valence-electron chi connectivity index (χ2n) is 4.00. The lowest BCUT2D eigenvalue weighted by Crippen LogP contribution is -2.21. The van der Waals surface area contributed by atoms with Crippen molar-refractivity contribution in [3.8, 4) is 0 Å². The fraction of sp³-hybridized carbons (Fsp3) is 0.231. The number of nitrogens with zero attached hydrogens (tertiary/aromatic N) is 2. The van der Waals surface area contributed by atoms with Crippen molar-refractivity contribution >= 4 is 15.9 Å². The van der Waals surface area contributed by atoms with Gasteiger partial charge in [0.05, 0.1) is 16.2 Å². The molecule has 1 unspecified atom stereocenters. The molecule has 1 heterocycles. The molecule has 2 rings (SSSR count). The highest BCUT2D eigenvalue weighted by molar-refractivity contribution is 9.10. The van der Waals surface area contributed by atoms with E-state index in [1.54, 1.807) is 19.3 Å². The molecule has 3 nitrogen and oxygen atoms in total. The molecule has 0 saturated heterocycles. The van der Waals surface area contributed by atoms with Crippen LogP contribution >= 0.6 is 15.9 Å². The van der Waals surface area contributed by atoms with Gasteiger partial charge >= 0.3 is 0 Å². The van der Waals surface area contributed by atoms with Gasteiger partial charge in [0, 0.05) is 11.8 Å². The summed E-state index contributed by atoms with van der Waals surface area (Å²) in [6.07, 6.45) is 3.18. The minimum atomic E-state index is -0.575. The highest BCUT2D eigenvalue weighted by atomic mass is 79.9. The van der Waals surface area contributed by atoms with E-state index in [0.29, 0.717) is 5.69 Å². The number of aromatic nitrogens is 2. The average Bonchev–Trinajstić information content (AvgIpc) is 2.44. The topological polar surface area (TPSA) is 37.8 Å². The maximum Gasteiger partial charge on any atom is 0.143 e. The molecule has 19 heavy (non-hydrogen) atoms. The number of hydrogen-bond donors (Lipinski definition) is 1. The van der Waals surface area contributed by atoms with Gasteiger partial charge in [0.1, 0.15) is 18.0 Å². The van der Waals surface area contributed by atoms with Gasteiger partial charge in [-0.25, -0.2) is 18.7 Å². The molecule has 0 aliphatic rings. The van der Waals surface area contributed by atoms with Crippen LogP contribution in [0.15, 0.2) is 35.2 Å². The average molecular weight is 328 g/mol. The molecule has 1 aromatic carbocycles. The zero-order chi connectivity index (χ0) is 13.8. The number of rotatable bonds is 4. The molecule has 100 valence electrons. The van der Waals surface area contributed by atoms with Gasteiger partial charge in [-0.15, -0.1) is 0 Å². The normalized spacial score (nSPS) is 12.4. The summed E-state index contributed by atoms with van der Waals surface area (Å²) in [5, 5.41) is 3.00. The highest BCUT2D eigenvalue weighted by Gasteiger charge is 2.18. The van der Waals surface area contributed by atoms with Crippen LogP contribution in [-0.2, 0) is 6.42 Å². The van der Waals surface area contributed by atoms with E-state index in [4.69, 9.17) is 0 Å². The summed E-state index contributed by atoms with van der Waals surface area (Å²) < 4.78 is 27.9. The van der Waals surface area contributed by atoms with Crippen LogP contribution in [0.1, 0.15) is 17.3 Å². The van der Waals surface area contributed by atoms with Gasteiger partial charge in [0.25, 0.3) is 0 Å². The van der Waals surface area contributed by atoms with E-state index >= 15 is 0 Å². The third-order valence-electron chi connectivity index (χ3n) is 2.86. The lowest BCUT2D eigenvalue weighted by atomic mass is 10.0. The molecule has 0 aliphatic heterocycles. The van der Waals surface area contributed by atoms with Crippen LogP contribution in [-0.4, -0.2) is 17.0 Å². The Bertz CT molecular complexity index is 563. The Kier molecular flexibility index (Phi) is 4.55. The molecule has 2 aromatic rings. The molecule has 0 saturated carbocycles. The van der Waals surface area contributed by atoms with Gasteiger partial charge in [0.15, 0.2) is 0 Å². The monoisotopic (exact) mass is 327 g/mol. The minimum Gasteiger partial charge on any atom is -0.311 e. The molecule has 0 aliphatic carbocycles. The van der Waals surface area contributed by atoms with Crippen molar-refractivity contribution in [2.24, 2.45) is 0 Å². The molecule has 0 bridgehead atoms. The number of hydrogen-bond acceptors (Lipinski definition) is 3. The van der Waals surface area contributed by atoms with Gasteiger partial charge in [-0.1, -0.05) is 0 Å². The summed E-state index contributed by atoms with van der Waals surface area (Å²) in [4.78, 5) is 7.92. The first-order chi connectivity index (χ1) is 9.13. The van der Waals surface area contributed by atoms with Crippen LogP contribution in [0.25, 0.3) is 0 Å². The second kappa shape index (κ2) is 6.16. The summed E-state index contributed by atoms with van der Waals surface area (Å²) in [6.45, 7) is 0. The predicted molar refractivity (Wildman–Crippen MR) is 71.6 cm³/mol. The second-order valence-corrected chi connectivity index (χ2v) is 4.86. The third kappa shape index (κ3) is 3.13. The zero-order valence-corrected chi connectivity index (χ0v) is 11.8. The Hall–Kier alpha value is -1.40. The minimum absolute atomic E-state index is 0.0346. The first kappa shape index (κ1) is 14.0. The maximum atomic E-state index is 13.9. The van der Waals surface area contributed by atoms with Crippen molar-refractivity contribution in [1.82, 2.24) is 15.3 Å². The first-order valence-corrected chi connectivity index (χ1v) is 6.48. The molecule has 1 N–H and O–H groups in total. The summed E-state index contributed by atoms with van der Waals surface area (Å²) in [6, 6.07) is 4.04. The Morgan fingerprint density at radius 1 is 1.32 bits per heavy atom. The van der Waals surface area contributed by atoms with E-state index in [1.807, 2.05) is 0 Å². The first-order valence-electron chi connectivity index (χ1n) is 5.69. The smallest absolute Gasteiger partial charge is 0.143 e. The van der Waals surface area contributed by atoms with Gasteiger partial charge in [0.2, 0.25) is 0 Å². The number of nitrogens with one attached hydrogen (secondary N) is 1. The van der Waals surface area contributed by atoms with Crippen molar-refractivity contribution in [3.05, 3.63) is 58.1 Å². The standard InChI is InChI=1S/C13H12BrF2N3/c1-17-12(11-4-5-18-7-19-11)6-8-10(15)3-2-9(14)13(8)16/h2-5,7,12,17H,6H2,1H3. The lowest BCUT2D eigenvalue weighted by Gasteiger charge is -2.16. The Balaban J connectivity index is 2.32. The highest BCUT2D eigenvalue weighted by Crippen LogP contribution is 2.25. The van der Waals surface area contributed by atoms with Crippen LogP contribution in [0.5, 0.6) is 0 Å². The fourth-order valence-electron chi connectivity index (χ4n) is 1.82. The predicted octanol–water partition coefficient (Wildman–Crippen LogP) is 3.02. The molecular formula is C13H12BrF2N3. The Morgan fingerprint density at radius 2 is 2.11 bits per heavy atom. The number of halogens is 3. The summed E-state index contributed by atoms with van der Waals surface area (Å²) in [5.74, 6) is -1.13. The van der Waals surface area contributed by atoms with Crippen molar-refractivity contribution in [2.45, 2.75) is 12.5 Å². The zero-order valence-electron chi connectivity index (χ0n) is 10.2. The molecule has 1 atom stereocenters. The number of likely N-dealkylation sites (N-methyl/N-ethyl adjacent to an activating group) is 1. The molecular weight excluding hydrogens is 316 g/mol. The quantitative estimate of drug-likeness (QED) is 0.877. The van der Waals surface area contributed by atoms with Gasteiger partial charge < -0.3 is 5.32 Å². The molecule has 0 spiro atoms. The molecule has 1 aromatic heterocycles. The van der Waals surface area contributed by atoms with Crippen LogP contribution in [0.3, 0.4) is 0 Å². The lowest BCUT2D eigenvalue weighted by molar-refractivity contribution is 0.506. The summed E-state index contributed by atoms with van der Waals surface area (Å²) >= 11 is 3.06. The van der Waals surface area contributed by atoms with Crippen LogP contribution in [0.2, 0.25) is 0 Å². The molecule has 6 heteroatoms. The van der Waals surface area contributed by atoms with Crippen LogP contribution in [0.4, 0.5) is 8.78 Å². The summed E-state index contributed by atoms with van der Waals surface area (Å²) in [7, 11) is 1.72. The van der Waals surface area contributed by atoms with E-state index < -0.39 is 11.6 Å². The van der Waals surface area contributed by atoms with E-state index in [0.717, 1.165) is 0 Å². The Labute approximate surface area is 118 Å². The van der Waals surface area contributed by atoms with Gasteiger partial charge in [-0.3, -0.25) is 0 Å². The summed E-state index contributed by atoms with van der Waals surface area (Å²) in [5.41, 5.74) is 0.726. The van der Waals surface area contributed by atoms with Gasteiger partial charge in [-0.2, -0.15) is 0 Å². The maximum absolute atomic E-state index is 13.9. The van der Waals surface area contributed by atoms with Crippen LogP contribution < -0.4 is 5.32 Å². The van der Waals surface area contributed by atoms with E-state index in [-0.39, 0.29) is 22.5 Å².